The summed E-state index contributed by atoms with van der Waals surface area (Å²) in [5, 5.41) is 0. The fourth-order valence-corrected chi connectivity index (χ4v) is 4.45. The van der Waals surface area contributed by atoms with E-state index in [1.807, 2.05) is 19.1 Å². The standard InChI is InChI=1S/C21H20O2/c1-2-20(23)17-6-5-16-8-10-21(19(16)12-17)9-7-15-4-3-14(13-22)11-18(15)21/h3-6,11-13H,2,7-10H2,1H3. The van der Waals surface area contributed by atoms with Crippen molar-refractivity contribution in [1.82, 2.24) is 0 Å². The summed E-state index contributed by atoms with van der Waals surface area (Å²) in [5.41, 5.74) is 6.93. The number of carbonyl (C=O) groups excluding carboxylic acids is 2. The molecule has 1 atom stereocenters. The fourth-order valence-electron chi connectivity index (χ4n) is 4.45. The van der Waals surface area contributed by atoms with Gasteiger partial charge in [-0.2, -0.15) is 0 Å². The lowest BCUT2D eigenvalue weighted by molar-refractivity contribution is 0.0987. The molecule has 0 fully saturated rings. The third-order valence-electron chi connectivity index (χ3n) is 5.70. The molecule has 2 nitrogen and oxygen atoms in total. The van der Waals surface area contributed by atoms with Crippen LogP contribution in [0.25, 0.3) is 0 Å². The quantitative estimate of drug-likeness (QED) is 0.627. The van der Waals surface area contributed by atoms with Gasteiger partial charge in [0.1, 0.15) is 6.29 Å². The van der Waals surface area contributed by atoms with Gasteiger partial charge in [-0.25, -0.2) is 0 Å². The highest BCUT2D eigenvalue weighted by atomic mass is 16.1. The van der Waals surface area contributed by atoms with E-state index in [0.717, 1.165) is 43.1 Å². The molecule has 0 amide bonds. The summed E-state index contributed by atoms with van der Waals surface area (Å²) in [4.78, 5) is 23.3. The molecule has 2 aliphatic carbocycles. The predicted molar refractivity (Wildman–Crippen MR) is 90.3 cm³/mol. The number of carbonyl (C=O) groups is 2. The molecule has 1 spiro atoms. The minimum absolute atomic E-state index is 0.00766. The molecule has 2 heteroatoms. The number of benzene rings is 2. The molecule has 0 aromatic heterocycles. The van der Waals surface area contributed by atoms with E-state index in [1.165, 1.54) is 22.3 Å². The Morgan fingerprint density at radius 3 is 2.35 bits per heavy atom. The van der Waals surface area contributed by atoms with Gasteiger partial charge in [0.05, 0.1) is 0 Å². The summed E-state index contributed by atoms with van der Waals surface area (Å²) in [6, 6.07) is 12.3. The largest absolute Gasteiger partial charge is 0.298 e. The summed E-state index contributed by atoms with van der Waals surface area (Å²) in [6.45, 7) is 1.91. The van der Waals surface area contributed by atoms with E-state index in [2.05, 4.69) is 24.3 Å². The van der Waals surface area contributed by atoms with Gasteiger partial charge in [-0.1, -0.05) is 31.2 Å². The van der Waals surface area contributed by atoms with E-state index < -0.39 is 0 Å². The summed E-state index contributed by atoms with van der Waals surface area (Å²) in [7, 11) is 0. The molecule has 0 bridgehead atoms. The van der Waals surface area contributed by atoms with E-state index in [9.17, 15) is 9.59 Å². The van der Waals surface area contributed by atoms with E-state index in [1.54, 1.807) is 0 Å². The Bertz CT molecular complexity index is 815. The minimum atomic E-state index is 0.00766. The van der Waals surface area contributed by atoms with Gasteiger partial charge >= 0.3 is 0 Å². The Morgan fingerprint density at radius 2 is 1.70 bits per heavy atom. The first-order chi connectivity index (χ1) is 11.2. The molecule has 1 unspecified atom stereocenters. The van der Waals surface area contributed by atoms with Crippen molar-refractivity contribution in [3.63, 3.8) is 0 Å². The molecule has 2 aromatic carbocycles. The van der Waals surface area contributed by atoms with Gasteiger partial charge in [0.25, 0.3) is 0 Å². The van der Waals surface area contributed by atoms with Crippen LogP contribution >= 0.6 is 0 Å². The van der Waals surface area contributed by atoms with Crippen LogP contribution in [0.5, 0.6) is 0 Å². The van der Waals surface area contributed by atoms with Gasteiger partial charge < -0.3 is 0 Å². The summed E-state index contributed by atoms with van der Waals surface area (Å²) in [5.74, 6) is 0.203. The molecule has 2 aromatic rings. The smallest absolute Gasteiger partial charge is 0.162 e. The van der Waals surface area contributed by atoms with Crippen LogP contribution in [0, 0.1) is 0 Å². The van der Waals surface area contributed by atoms with Gasteiger partial charge in [0.2, 0.25) is 0 Å². The number of aldehydes is 1. The van der Waals surface area contributed by atoms with Crippen LogP contribution in [0.4, 0.5) is 0 Å². The molecular weight excluding hydrogens is 284 g/mol. The molecule has 116 valence electrons. The number of Topliss-reactive ketones (excluding diaryl/α,β-unsaturated/α-hetero) is 1. The molecular formula is C21H20O2. The maximum absolute atomic E-state index is 12.1. The van der Waals surface area contributed by atoms with E-state index >= 15 is 0 Å². The third kappa shape index (κ3) is 2.01. The van der Waals surface area contributed by atoms with E-state index in [-0.39, 0.29) is 11.2 Å². The second-order valence-corrected chi connectivity index (χ2v) is 6.77. The zero-order valence-electron chi connectivity index (χ0n) is 13.4. The highest BCUT2D eigenvalue weighted by molar-refractivity contribution is 5.96. The van der Waals surface area contributed by atoms with Crippen molar-refractivity contribution in [2.45, 2.75) is 44.4 Å². The average molecular weight is 304 g/mol. The lowest BCUT2D eigenvalue weighted by atomic mass is 9.76. The predicted octanol–water partition coefficient (Wildman–Crippen LogP) is 4.27. The lowest BCUT2D eigenvalue weighted by Crippen LogP contribution is -2.21. The minimum Gasteiger partial charge on any atom is -0.298 e. The number of hydrogen-bond acceptors (Lipinski definition) is 2. The second kappa shape index (κ2) is 5.16. The van der Waals surface area contributed by atoms with Gasteiger partial charge in [-0.15, -0.1) is 0 Å². The van der Waals surface area contributed by atoms with Gasteiger partial charge in [-0.3, -0.25) is 9.59 Å². The molecule has 2 aliphatic rings. The maximum atomic E-state index is 12.1. The first kappa shape index (κ1) is 14.4. The van der Waals surface area contributed by atoms with Crippen molar-refractivity contribution < 1.29 is 9.59 Å². The first-order valence-electron chi connectivity index (χ1n) is 8.43. The number of fused-ring (bicyclic) bond motifs is 4. The average Bonchev–Trinajstić information content (AvgIpc) is 3.16. The van der Waals surface area contributed by atoms with Gasteiger partial charge in [-0.05, 0) is 60.1 Å². The second-order valence-electron chi connectivity index (χ2n) is 6.77. The zero-order valence-corrected chi connectivity index (χ0v) is 13.4. The normalized spacial score (nSPS) is 21.3. The number of aryl methyl sites for hydroxylation is 2. The molecule has 0 saturated heterocycles. The van der Waals surface area contributed by atoms with Gasteiger partial charge in [0, 0.05) is 23.0 Å². The Morgan fingerprint density at radius 1 is 1.04 bits per heavy atom. The van der Waals surface area contributed by atoms with Crippen molar-refractivity contribution in [1.29, 1.82) is 0 Å². The monoisotopic (exact) mass is 304 g/mol. The zero-order chi connectivity index (χ0) is 16.0. The Hall–Kier alpha value is -2.22. The molecule has 4 rings (SSSR count). The van der Waals surface area contributed by atoms with Crippen molar-refractivity contribution in [3.8, 4) is 0 Å². The van der Waals surface area contributed by atoms with Crippen LogP contribution in [0.2, 0.25) is 0 Å². The molecule has 0 N–H and O–H groups in total. The Labute approximate surface area is 136 Å². The number of ketones is 1. The van der Waals surface area contributed by atoms with Crippen LogP contribution in [0.3, 0.4) is 0 Å². The summed E-state index contributed by atoms with van der Waals surface area (Å²) < 4.78 is 0. The molecule has 0 saturated carbocycles. The Kier molecular flexibility index (Phi) is 3.22. The molecule has 23 heavy (non-hydrogen) atoms. The van der Waals surface area contributed by atoms with Crippen LogP contribution in [0.1, 0.15) is 69.2 Å². The topological polar surface area (TPSA) is 34.1 Å². The number of hydrogen-bond donors (Lipinski definition) is 0. The highest BCUT2D eigenvalue weighted by Crippen LogP contribution is 2.52. The molecule has 0 radical (unpaired) electrons. The van der Waals surface area contributed by atoms with Crippen LogP contribution < -0.4 is 0 Å². The number of rotatable bonds is 3. The summed E-state index contributed by atoms with van der Waals surface area (Å²) >= 11 is 0. The highest BCUT2D eigenvalue weighted by Gasteiger charge is 2.44. The Balaban J connectivity index is 1.89. The lowest BCUT2D eigenvalue weighted by Gasteiger charge is -2.27. The maximum Gasteiger partial charge on any atom is 0.162 e. The van der Waals surface area contributed by atoms with Gasteiger partial charge in [0.15, 0.2) is 5.78 Å². The van der Waals surface area contributed by atoms with Crippen molar-refractivity contribution >= 4 is 12.1 Å². The van der Waals surface area contributed by atoms with Crippen LogP contribution in [-0.4, -0.2) is 12.1 Å². The van der Waals surface area contributed by atoms with Crippen LogP contribution in [0.15, 0.2) is 36.4 Å². The summed E-state index contributed by atoms with van der Waals surface area (Å²) in [6.07, 6.45) is 5.75. The van der Waals surface area contributed by atoms with Crippen LogP contribution in [-0.2, 0) is 18.3 Å². The molecule has 0 aliphatic heterocycles. The SMILES string of the molecule is CCC(=O)c1ccc2c(c1)C1(CCc3ccc(C=O)cc31)CC2. The fraction of sp³-hybridized carbons (Fsp3) is 0.333. The first-order valence-corrected chi connectivity index (χ1v) is 8.43. The van der Waals surface area contributed by atoms with Crippen molar-refractivity contribution in [2.24, 2.45) is 0 Å². The molecule has 0 heterocycles. The van der Waals surface area contributed by atoms with E-state index in [0.29, 0.717) is 6.42 Å². The van der Waals surface area contributed by atoms with Crippen molar-refractivity contribution in [2.75, 3.05) is 0 Å². The third-order valence-corrected chi connectivity index (χ3v) is 5.70. The van der Waals surface area contributed by atoms with E-state index in [4.69, 9.17) is 0 Å². The van der Waals surface area contributed by atoms with Crippen molar-refractivity contribution in [3.05, 3.63) is 69.8 Å².